The maximum atomic E-state index is 8.74. The van der Waals surface area contributed by atoms with Crippen LogP contribution in [0, 0.1) is 11.3 Å². The van der Waals surface area contributed by atoms with Crippen molar-refractivity contribution in [1.82, 2.24) is 9.78 Å². The molecule has 0 aliphatic carbocycles. The molecule has 0 saturated heterocycles. The second-order valence-corrected chi connectivity index (χ2v) is 2.30. The predicted molar refractivity (Wildman–Crippen MR) is 42.0 cm³/mol. The smallest absolute Gasteiger partial charge is 0.141 e. The first-order valence-corrected chi connectivity index (χ1v) is 3.78. The molecule has 1 rings (SSSR count). The molecule has 1 aromatic rings. The highest BCUT2D eigenvalue weighted by Crippen LogP contribution is 2.06. The first-order chi connectivity index (χ1) is 5.33. The normalized spacial score (nSPS) is 9.55. The summed E-state index contributed by atoms with van der Waals surface area (Å²) in [6, 6.07) is 2.15. The molecule has 0 N–H and O–H groups in total. The van der Waals surface area contributed by atoms with Gasteiger partial charge in [-0.3, -0.25) is 4.68 Å². The minimum Gasteiger partial charge on any atom is -0.255 e. The molecule has 0 radical (unpaired) electrons. The van der Waals surface area contributed by atoms with Gasteiger partial charge in [-0.15, -0.1) is 0 Å². The van der Waals surface area contributed by atoms with Crippen LogP contribution >= 0.6 is 0 Å². The Hall–Kier alpha value is -1.30. The molecule has 0 fully saturated rings. The van der Waals surface area contributed by atoms with Gasteiger partial charge in [-0.2, -0.15) is 10.4 Å². The summed E-state index contributed by atoms with van der Waals surface area (Å²) in [5, 5.41) is 12.8. The highest BCUT2D eigenvalue weighted by Gasteiger charge is 2.05. The number of hydrogen-bond acceptors (Lipinski definition) is 2. The standard InChI is InChI=1S/C8H11N3/c1-3-7-6-10-11(4-2)8(7)5-9/h6H,3-4H2,1-2H3. The summed E-state index contributed by atoms with van der Waals surface area (Å²) in [5.74, 6) is 0. The van der Waals surface area contributed by atoms with Gasteiger partial charge in [0.2, 0.25) is 0 Å². The Morgan fingerprint density at radius 2 is 2.36 bits per heavy atom. The fourth-order valence-corrected chi connectivity index (χ4v) is 1.05. The second kappa shape index (κ2) is 3.20. The van der Waals surface area contributed by atoms with E-state index in [2.05, 4.69) is 11.2 Å². The Bertz CT molecular complexity index is 259. The number of aryl methyl sites for hydroxylation is 2. The highest BCUT2D eigenvalue weighted by molar-refractivity contribution is 5.29. The number of nitriles is 1. The Morgan fingerprint density at radius 1 is 1.64 bits per heavy atom. The van der Waals surface area contributed by atoms with Crippen LogP contribution in [0.2, 0.25) is 0 Å². The van der Waals surface area contributed by atoms with Crippen LogP contribution in [0.3, 0.4) is 0 Å². The third kappa shape index (κ3) is 1.25. The van der Waals surface area contributed by atoms with E-state index in [0.29, 0.717) is 5.69 Å². The molecule has 0 spiro atoms. The molecule has 58 valence electrons. The monoisotopic (exact) mass is 149 g/mol. The van der Waals surface area contributed by atoms with Gasteiger partial charge in [-0.1, -0.05) is 6.92 Å². The zero-order valence-electron chi connectivity index (χ0n) is 6.83. The second-order valence-electron chi connectivity index (χ2n) is 2.30. The summed E-state index contributed by atoms with van der Waals surface area (Å²) in [5.41, 5.74) is 1.74. The minimum atomic E-state index is 0.704. The molecule has 3 heteroatoms. The Morgan fingerprint density at radius 3 is 2.82 bits per heavy atom. The van der Waals surface area contributed by atoms with Crippen LogP contribution in [-0.4, -0.2) is 9.78 Å². The van der Waals surface area contributed by atoms with Crippen molar-refractivity contribution in [3.8, 4) is 6.07 Å². The summed E-state index contributed by atoms with van der Waals surface area (Å²) in [4.78, 5) is 0. The quantitative estimate of drug-likeness (QED) is 0.636. The van der Waals surface area contributed by atoms with E-state index in [1.54, 1.807) is 10.9 Å². The minimum absolute atomic E-state index is 0.704. The average Bonchev–Trinajstić information content (AvgIpc) is 2.45. The molecule has 0 atom stereocenters. The molecule has 0 saturated carbocycles. The van der Waals surface area contributed by atoms with Crippen LogP contribution in [0.25, 0.3) is 0 Å². The van der Waals surface area contributed by atoms with E-state index in [4.69, 9.17) is 5.26 Å². The third-order valence-corrected chi connectivity index (χ3v) is 1.70. The van der Waals surface area contributed by atoms with Gasteiger partial charge in [-0.05, 0) is 13.3 Å². The predicted octanol–water partition coefficient (Wildman–Crippen LogP) is 1.34. The van der Waals surface area contributed by atoms with Gasteiger partial charge in [0, 0.05) is 12.1 Å². The maximum Gasteiger partial charge on any atom is 0.141 e. The van der Waals surface area contributed by atoms with Crippen molar-refractivity contribution >= 4 is 0 Å². The first-order valence-electron chi connectivity index (χ1n) is 3.78. The van der Waals surface area contributed by atoms with Gasteiger partial charge < -0.3 is 0 Å². The van der Waals surface area contributed by atoms with Crippen molar-refractivity contribution < 1.29 is 0 Å². The Balaban J connectivity index is 3.12. The number of rotatable bonds is 2. The summed E-state index contributed by atoms with van der Waals surface area (Å²) < 4.78 is 1.72. The lowest BCUT2D eigenvalue weighted by Crippen LogP contribution is -1.99. The van der Waals surface area contributed by atoms with E-state index >= 15 is 0 Å². The Labute approximate surface area is 66.3 Å². The number of aromatic nitrogens is 2. The molecule has 0 amide bonds. The van der Waals surface area contributed by atoms with E-state index in [1.807, 2.05) is 13.8 Å². The van der Waals surface area contributed by atoms with Crippen molar-refractivity contribution in [2.45, 2.75) is 26.8 Å². The van der Waals surface area contributed by atoms with E-state index < -0.39 is 0 Å². The van der Waals surface area contributed by atoms with Gasteiger partial charge in [0.1, 0.15) is 11.8 Å². The number of nitrogens with zero attached hydrogens (tertiary/aromatic N) is 3. The van der Waals surface area contributed by atoms with E-state index in [0.717, 1.165) is 18.5 Å². The fraction of sp³-hybridized carbons (Fsp3) is 0.500. The van der Waals surface area contributed by atoms with Crippen molar-refractivity contribution in [3.05, 3.63) is 17.5 Å². The summed E-state index contributed by atoms with van der Waals surface area (Å²) >= 11 is 0. The van der Waals surface area contributed by atoms with Gasteiger partial charge in [0.05, 0.1) is 6.20 Å². The molecule has 0 bridgehead atoms. The summed E-state index contributed by atoms with van der Waals surface area (Å²) in [6.07, 6.45) is 2.64. The number of hydrogen-bond donors (Lipinski definition) is 0. The third-order valence-electron chi connectivity index (χ3n) is 1.70. The van der Waals surface area contributed by atoms with Crippen LogP contribution < -0.4 is 0 Å². The molecule has 3 nitrogen and oxygen atoms in total. The van der Waals surface area contributed by atoms with E-state index in [9.17, 15) is 0 Å². The lowest BCUT2D eigenvalue weighted by Gasteiger charge is -1.96. The fourth-order valence-electron chi connectivity index (χ4n) is 1.05. The topological polar surface area (TPSA) is 41.6 Å². The molecule has 11 heavy (non-hydrogen) atoms. The maximum absolute atomic E-state index is 8.74. The van der Waals surface area contributed by atoms with Gasteiger partial charge in [0.25, 0.3) is 0 Å². The molecule has 1 aromatic heterocycles. The molecule has 0 unspecified atom stereocenters. The van der Waals surface area contributed by atoms with Gasteiger partial charge in [-0.25, -0.2) is 0 Å². The molecule has 0 aromatic carbocycles. The van der Waals surface area contributed by atoms with Crippen LogP contribution in [0.15, 0.2) is 6.20 Å². The zero-order valence-corrected chi connectivity index (χ0v) is 6.83. The average molecular weight is 149 g/mol. The Kier molecular flexibility index (Phi) is 2.27. The van der Waals surface area contributed by atoms with E-state index in [1.165, 1.54) is 0 Å². The summed E-state index contributed by atoms with van der Waals surface area (Å²) in [7, 11) is 0. The van der Waals surface area contributed by atoms with Crippen LogP contribution in [0.1, 0.15) is 25.1 Å². The molecule has 1 heterocycles. The highest BCUT2D eigenvalue weighted by atomic mass is 15.3. The van der Waals surface area contributed by atoms with Crippen molar-refractivity contribution in [2.24, 2.45) is 0 Å². The van der Waals surface area contributed by atoms with Crippen LogP contribution in [-0.2, 0) is 13.0 Å². The summed E-state index contributed by atoms with van der Waals surface area (Å²) in [6.45, 7) is 4.77. The lowest BCUT2D eigenvalue weighted by atomic mass is 10.2. The van der Waals surface area contributed by atoms with Crippen LogP contribution in [0.4, 0.5) is 0 Å². The molecule has 0 aliphatic rings. The van der Waals surface area contributed by atoms with Crippen molar-refractivity contribution in [2.75, 3.05) is 0 Å². The van der Waals surface area contributed by atoms with Gasteiger partial charge >= 0.3 is 0 Å². The van der Waals surface area contributed by atoms with Crippen molar-refractivity contribution in [1.29, 1.82) is 5.26 Å². The largest absolute Gasteiger partial charge is 0.255 e. The lowest BCUT2D eigenvalue weighted by molar-refractivity contribution is 0.650. The first kappa shape index (κ1) is 7.80. The van der Waals surface area contributed by atoms with Crippen molar-refractivity contribution in [3.63, 3.8) is 0 Å². The zero-order chi connectivity index (χ0) is 8.27. The van der Waals surface area contributed by atoms with Gasteiger partial charge in [0.15, 0.2) is 0 Å². The molecule has 0 aliphatic heterocycles. The SMILES string of the molecule is CCc1cnn(CC)c1C#N. The van der Waals surface area contributed by atoms with Crippen LogP contribution in [0.5, 0.6) is 0 Å². The molecular weight excluding hydrogens is 138 g/mol. The molecular formula is C8H11N3. The van der Waals surface area contributed by atoms with E-state index in [-0.39, 0.29) is 0 Å².